The third-order valence-electron chi connectivity index (χ3n) is 3.86. The van der Waals surface area contributed by atoms with Gasteiger partial charge in [-0.2, -0.15) is 0 Å². The Balaban J connectivity index is 0.00000264. The van der Waals surface area contributed by atoms with Crippen LogP contribution in [0.2, 0.25) is 0 Å². The topological polar surface area (TPSA) is 64.3 Å². The molecular formula is C15H20ClF3N2O2. The maximum absolute atomic E-state index is 12.2. The smallest absolute Gasteiger partial charge is 0.406 e. The average Bonchev–Trinajstić information content (AvgIpc) is 2.46. The Morgan fingerprint density at radius 2 is 2.00 bits per heavy atom. The highest BCUT2D eigenvalue weighted by Gasteiger charge is 2.31. The molecule has 3 N–H and O–H groups in total. The third-order valence-corrected chi connectivity index (χ3v) is 3.86. The van der Waals surface area contributed by atoms with Crippen molar-refractivity contribution in [3.63, 3.8) is 0 Å². The van der Waals surface area contributed by atoms with Crippen LogP contribution in [0.25, 0.3) is 0 Å². The summed E-state index contributed by atoms with van der Waals surface area (Å²) in [6.45, 7) is 0.488. The van der Waals surface area contributed by atoms with Gasteiger partial charge >= 0.3 is 6.36 Å². The van der Waals surface area contributed by atoms with Crippen molar-refractivity contribution < 1.29 is 22.7 Å². The van der Waals surface area contributed by atoms with Gasteiger partial charge in [0.05, 0.1) is 0 Å². The van der Waals surface area contributed by atoms with Crippen LogP contribution in [0.4, 0.5) is 13.2 Å². The number of halogens is 4. The highest BCUT2D eigenvalue weighted by molar-refractivity contribution is 5.94. The molecule has 23 heavy (non-hydrogen) atoms. The third kappa shape index (κ3) is 5.91. The zero-order valence-corrected chi connectivity index (χ0v) is 13.3. The van der Waals surface area contributed by atoms with Crippen LogP contribution in [0.15, 0.2) is 24.3 Å². The summed E-state index contributed by atoms with van der Waals surface area (Å²) >= 11 is 0. The number of hydrogen-bond acceptors (Lipinski definition) is 3. The lowest BCUT2D eigenvalue weighted by Gasteiger charge is -2.31. The molecule has 8 heteroatoms. The molecule has 1 aromatic rings. The van der Waals surface area contributed by atoms with Gasteiger partial charge in [-0.3, -0.25) is 4.79 Å². The molecule has 1 aliphatic rings. The number of ether oxygens (including phenoxy) is 1. The maximum atomic E-state index is 12.2. The molecule has 0 heterocycles. The van der Waals surface area contributed by atoms with Gasteiger partial charge in [-0.25, -0.2) is 0 Å². The SMILES string of the molecule is Cl.NCC1CCCCC1NC(=O)c1cccc(OC(F)(F)F)c1. The second-order valence-electron chi connectivity index (χ2n) is 5.44. The summed E-state index contributed by atoms with van der Waals surface area (Å²) in [4.78, 5) is 12.2. The molecule has 4 nitrogen and oxygen atoms in total. The van der Waals surface area contributed by atoms with Gasteiger partial charge in [0.2, 0.25) is 0 Å². The summed E-state index contributed by atoms with van der Waals surface area (Å²) in [5.41, 5.74) is 5.85. The van der Waals surface area contributed by atoms with Crippen molar-refractivity contribution in [2.75, 3.05) is 6.54 Å². The van der Waals surface area contributed by atoms with Crippen molar-refractivity contribution >= 4 is 18.3 Å². The molecule has 2 unspecified atom stereocenters. The predicted octanol–water partition coefficient (Wildman–Crippen LogP) is 3.25. The fourth-order valence-electron chi connectivity index (χ4n) is 2.77. The highest BCUT2D eigenvalue weighted by atomic mass is 35.5. The zero-order chi connectivity index (χ0) is 16.2. The molecule has 0 bridgehead atoms. The standard InChI is InChI=1S/C15H19F3N2O2.ClH/c16-15(17,18)22-12-6-3-5-10(8-12)14(21)20-13-7-2-1-4-11(13)9-19;/h3,5-6,8,11,13H,1-2,4,7,9,19H2,(H,20,21);1H. The predicted molar refractivity (Wildman–Crippen MR) is 82.6 cm³/mol. The van der Waals surface area contributed by atoms with Gasteiger partial charge in [0.1, 0.15) is 5.75 Å². The first-order chi connectivity index (χ1) is 10.4. The molecule has 2 atom stereocenters. The summed E-state index contributed by atoms with van der Waals surface area (Å²) in [5.74, 6) is -0.593. The van der Waals surface area contributed by atoms with Gasteiger partial charge in [0.25, 0.3) is 5.91 Å². The molecule has 0 aliphatic heterocycles. The summed E-state index contributed by atoms with van der Waals surface area (Å²) in [6.07, 6.45) is -0.879. The van der Waals surface area contributed by atoms with Crippen molar-refractivity contribution in [2.45, 2.75) is 38.1 Å². The Morgan fingerprint density at radius 1 is 1.30 bits per heavy atom. The minimum atomic E-state index is -4.77. The molecule has 1 aliphatic carbocycles. The van der Waals surface area contributed by atoms with Crippen LogP contribution in [0, 0.1) is 5.92 Å². The minimum absolute atomic E-state index is 0. The Hall–Kier alpha value is -1.47. The number of rotatable bonds is 4. The van der Waals surface area contributed by atoms with Crippen molar-refractivity contribution in [3.05, 3.63) is 29.8 Å². The molecule has 0 saturated heterocycles. The number of benzene rings is 1. The van der Waals surface area contributed by atoms with Crippen molar-refractivity contribution in [1.29, 1.82) is 0 Å². The molecule has 130 valence electrons. The average molecular weight is 353 g/mol. The molecule has 0 radical (unpaired) electrons. The monoisotopic (exact) mass is 352 g/mol. The lowest BCUT2D eigenvalue weighted by molar-refractivity contribution is -0.274. The minimum Gasteiger partial charge on any atom is -0.406 e. The van der Waals surface area contributed by atoms with Crippen LogP contribution in [0.1, 0.15) is 36.0 Å². The van der Waals surface area contributed by atoms with Gasteiger partial charge < -0.3 is 15.8 Å². The summed E-state index contributed by atoms with van der Waals surface area (Å²) in [7, 11) is 0. The molecule has 1 amide bonds. The summed E-state index contributed by atoms with van der Waals surface area (Å²) in [5, 5.41) is 2.87. The molecule has 1 saturated carbocycles. The van der Waals surface area contributed by atoms with E-state index in [9.17, 15) is 18.0 Å². The van der Waals surface area contributed by atoms with Crippen LogP contribution in [0.5, 0.6) is 5.75 Å². The molecule has 1 fully saturated rings. The largest absolute Gasteiger partial charge is 0.573 e. The van der Waals surface area contributed by atoms with Crippen LogP contribution >= 0.6 is 12.4 Å². The summed E-state index contributed by atoms with van der Waals surface area (Å²) < 4.78 is 40.4. The number of alkyl halides is 3. The molecule has 0 aromatic heterocycles. The van der Waals surface area contributed by atoms with Crippen LogP contribution in [0.3, 0.4) is 0 Å². The Kier molecular flexibility index (Phi) is 7.15. The van der Waals surface area contributed by atoms with E-state index >= 15 is 0 Å². The molecule has 1 aromatic carbocycles. The van der Waals surface area contributed by atoms with Crippen LogP contribution in [-0.4, -0.2) is 24.9 Å². The Morgan fingerprint density at radius 3 is 2.65 bits per heavy atom. The van der Waals surface area contributed by atoms with E-state index in [0.29, 0.717) is 6.54 Å². The number of nitrogens with two attached hydrogens (primary N) is 1. The first-order valence-electron chi connectivity index (χ1n) is 7.26. The quantitative estimate of drug-likeness (QED) is 0.874. The fourth-order valence-corrected chi connectivity index (χ4v) is 2.77. The number of carbonyl (C=O) groups excluding carboxylic acids is 1. The number of nitrogens with one attached hydrogen (secondary N) is 1. The normalized spacial score (nSPS) is 21.2. The van der Waals surface area contributed by atoms with Gasteiger partial charge in [-0.15, -0.1) is 25.6 Å². The van der Waals surface area contributed by atoms with Gasteiger partial charge in [0.15, 0.2) is 0 Å². The first-order valence-corrected chi connectivity index (χ1v) is 7.26. The Labute approximate surface area is 139 Å². The van der Waals surface area contributed by atoms with Crippen LogP contribution < -0.4 is 15.8 Å². The van der Waals surface area contributed by atoms with E-state index in [-0.39, 0.29) is 29.9 Å². The number of carbonyl (C=O) groups is 1. The highest BCUT2D eigenvalue weighted by Crippen LogP contribution is 2.25. The molecule has 0 spiro atoms. The van der Waals surface area contributed by atoms with Gasteiger partial charge in [0, 0.05) is 11.6 Å². The summed E-state index contributed by atoms with van der Waals surface area (Å²) in [6, 6.07) is 5.03. The van der Waals surface area contributed by atoms with E-state index in [0.717, 1.165) is 37.8 Å². The number of hydrogen-bond donors (Lipinski definition) is 2. The van der Waals surface area contributed by atoms with E-state index in [1.807, 2.05) is 0 Å². The zero-order valence-electron chi connectivity index (χ0n) is 12.4. The van der Waals surface area contributed by atoms with Crippen LogP contribution in [-0.2, 0) is 0 Å². The van der Waals surface area contributed by atoms with E-state index in [4.69, 9.17) is 5.73 Å². The maximum Gasteiger partial charge on any atom is 0.573 e. The van der Waals surface area contributed by atoms with Crippen molar-refractivity contribution in [2.24, 2.45) is 11.7 Å². The second kappa shape index (κ2) is 8.40. The van der Waals surface area contributed by atoms with Crippen molar-refractivity contribution in [1.82, 2.24) is 5.32 Å². The Bertz CT molecular complexity index is 526. The van der Waals surface area contributed by atoms with Gasteiger partial charge in [-0.05, 0) is 43.5 Å². The fraction of sp³-hybridized carbons (Fsp3) is 0.533. The molecule has 2 rings (SSSR count). The van der Waals surface area contributed by atoms with Gasteiger partial charge in [-0.1, -0.05) is 18.9 Å². The lowest BCUT2D eigenvalue weighted by Crippen LogP contribution is -2.44. The van der Waals surface area contributed by atoms with E-state index in [1.165, 1.54) is 12.1 Å². The number of amides is 1. The van der Waals surface area contributed by atoms with Crippen molar-refractivity contribution in [3.8, 4) is 5.75 Å². The van der Waals surface area contributed by atoms with E-state index in [2.05, 4.69) is 10.1 Å². The van der Waals surface area contributed by atoms with E-state index in [1.54, 1.807) is 0 Å². The molecular weight excluding hydrogens is 333 g/mol. The van der Waals surface area contributed by atoms with E-state index < -0.39 is 18.0 Å². The second-order valence-corrected chi connectivity index (χ2v) is 5.44. The lowest BCUT2D eigenvalue weighted by atomic mass is 9.84. The first kappa shape index (κ1) is 19.6.